The molecule has 1 aromatic heterocycles. The zero-order chi connectivity index (χ0) is 15.7. The number of Topliss-reactive ketones (excluding diaryl/α,β-unsaturated/α-hetero) is 1. The molecule has 0 aromatic carbocycles. The van der Waals surface area contributed by atoms with Crippen LogP contribution in [-0.4, -0.2) is 54.5 Å². The quantitative estimate of drug-likeness (QED) is 0.507. The van der Waals surface area contributed by atoms with Crippen LogP contribution in [0, 0.1) is 0 Å². The predicted octanol–water partition coefficient (Wildman–Crippen LogP) is 0.758. The van der Waals surface area contributed by atoms with Gasteiger partial charge in [0.2, 0.25) is 0 Å². The van der Waals surface area contributed by atoms with Crippen molar-refractivity contribution in [1.29, 1.82) is 0 Å². The van der Waals surface area contributed by atoms with Crippen LogP contribution >= 0.6 is 0 Å². The van der Waals surface area contributed by atoms with Gasteiger partial charge in [-0.1, -0.05) is 0 Å². The fourth-order valence-electron chi connectivity index (χ4n) is 3.75. The molecule has 2 aliphatic rings. The minimum Gasteiger partial charge on any atom is -0.460 e. The molecule has 1 fully saturated rings. The Balaban J connectivity index is 1.97. The van der Waals surface area contributed by atoms with Crippen LogP contribution in [0.5, 0.6) is 0 Å². The van der Waals surface area contributed by atoms with E-state index >= 15 is 0 Å². The SMILES string of the molecule is CCOC(=O)C(=O)c1ccc2n1CCN(C)C21CCNCC1. The Bertz CT molecular complexity index is 587. The summed E-state index contributed by atoms with van der Waals surface area (Å²) in [6.07, 6.45) is 2.03. The Morgan fingerprint density at radius 2 is 2.00 bits per heavy atom. The molecular formula is C16H23N3O3. The molecule has 3 heterocycles. The van der Waals surface area contributed by atoms with E-state index in [4.69, 9.17) is 4.74 Å². The molecule has 0 saturated carbocycles. The van der Waals surface area contributed by atoms with Gasteiger partial charge in [0.05, 0.1) is 17.8 Å². The number of carbonyl (C=O) groups excluding carboxylic acids is 2. The number of nitrogens with one attached hydrogen (secondary N) is 1. The maximum absolute atomic E-state index is 12.3. The number of esters is 1. The van der Waals surface area contributed by atoms with Crippen molar-refractivity contribution in [3.8, 4) is 0 Å². The summed E-state index contributed by atoms with van der Waals surface area (Å²) in [5.41, 5.74) is 1.58. The highest BCUT2D eigenvalue weighted by molar-refractivity contribution is 6.40. The van der Waals surface area contributed by atoms with Crippen molar-refractivity contribution in [2.24, 2.45) is 0 Å². The third kappa shape index (κ3) is 2.27. The number of rotatable bonds is 3. The second-order valence-corrected chi connectivity index (χ2v) is 6.01. The highest BCUT2D eigenvalue weighted by Crippen LogP contribution is 2.39. The highest BCUT2D eigenvalue weighted by Gasteiger charge is 2.43. The molecule has 2 aliphatic heterocycles. The fraction of sp³-hybridized carbons (Fsp3) is 0.625. The summed E-state index contributed by atoms with van der Waals surface area (Å²) in [6.45, 7) is 5.47. The molecule has 22 heavy (non-hydrogen) atoms. The van der Waals surface area contributed by atoms with Gasteiger partial charge in [-0.05, 0) is 52.0 Å². The van der Waals surface area contributed by atoms with Gasteiger partial charge in [0.1, 0.15) is 0 Å². The van der Waals surface area contributed by atoms with Crippen LogP contribution < -0.4 is 5.32 Å². The molecule has 120 valence electrons. The number of piperidine rings is 1. The molecule has 0 atom stereocenters. The lowest BCUT2D eigenvalue weighted by Crippen LogP contribution is -2.55. The van der Waals surface area contributed by atoms with E-state index in [9.17, 15) is 9.59 Å². The van der Waals surface area contributed by atoms with Gasteiger partial charge >= 0.3 is 5.97 Å². The minimum absolute atomic E-state index is 0.0311. The molecule has 1 saturated heterocycles. The number of carbonyl (C=O) groups is 2. The first-order chi connectivity index (χ1) is 10.6. The van der Waals surface area contributed by atoms with E-state index in [1.807, 2.05) is 10.6 Å². The van der Waals surface area contributed by atoms with Gasteiger partial charge in [-0.15, -0.1) is 0 Å². The average Bonchev–Trinajstić information content (AvgIpc) is 2.97. The Hall–Kier alpha value is -1.66. The smallest absolute Gasteiger partial charge is 0.381 e. The standard InChI is InChI=1S/C16H23N3O3/c1-3-22-15(21)14(20)12-4-5-13-16(6-8-17-9-7-16)18(2)10-11-19(12)13/h4-5,17H,3,6-11H2,1-2H3. The monoisotopic (exact) mass is 305 g/mol. The minimum atomic E-state index is -0.762. The molecule has 0 radical (unpaired) electrons. The lowest BCUT2D eigenvalue weighted by molar-refractivity contribution is -0.137. The van der Waals surface area contributed by atoms with E-state index in [1.54, 1.807) is 13.0 Å². The molecule has 0 unspecified atom stereocenters. The van der Waals surface area contributed by atoms with Crippen LogP contribution in [0.4, 0.5) is 0 Å². The molecule has 1 aromatic rings. The van der Waals surface area contributed by atoms with Crippen LogP contribution in [-0.2, 0) is 21.6 Å². The zero-order valence-corrected chi connectivity index (χ0v) is 13.2. The van der Waals surface area contributed by atoms with Gasteiger partial charge in [0.25, 0.3) is 5.78 Å². The Morgan fingerprint density at radius 1 is 1.27 bits per heavy atom. The number of hydrogen-bond acceptors (Lipinski definition) is 5. The van der Waals surface area contributed by atoms with Crippen LogP contribution in [0.15, 0.2) is 12.1 Å². The Labute approximate surface area is 130 Å². The number of fused-ring (bicyclic) bond motifs is 2. The Kier molecular flexibility index (Phi) is 4.06. The van der Waals surface area contributed by atoms with Crippen LogP contribution in [0.25, 0.3) is 0 Å². The second kappa shape index (κ2) is 5.85. The van der Waals surface area contributed by atoms with Crippen molar-refractivity contribution in [3.05, 3.63) is 23.5 Å². The molecule has 3 rings (SSSR count). The summed E-state index contributed by atoms with van der Waals surface area (Å²) in [6, 6.07) is 3.78. The average molecular weight is 305 g/mol. The summed E-state index contributed by atoms with van der Waals surface area (Å²) in [5.74, 6) is -1.30. The van der Waals surface area contributed by atoms with E-state index in [-0.39, 0.29) is 12.1 Å². The first kappa shape index (κ1) is 15.2. The largest absolute Gasteiger partial charge is 0.460 e. The summed E-state index contributed by atoms with van der Waals surface area (Å²) in [4.78, 5) is 26.4. The van der Waals surface area contributed by atoms with Crippen molar-refractivity contribution in [1.82, 2.24) is 14.8 Å². The third-order valence-electron chi connectivity index (χ3n) is 4.97. The zero-order valence-electron chi connectivity index (χ0n) is 13.2. The first-order valence-electron chi connectivity index (χ1n) is 7.93. The van der Waals surface area contributed by atoms with Crippen LogP contribution in [0.2, 0.25) is 0 Å². The van der Waals surface area contributed by atoms with Gasteiger partial charge in [-0.3, -0.25) is 9.69 Å². The first-order valence-corrected chi connectivity index (χ1v) is 7.93. The molecule has 6 heteroatoms. The van der Waals surface area contributed by atoms with Crippen molar-refractivity contribution in [2.75, 3.05) is 33.3 Å². The summed E-state index contributed by atoms with van der Waals surface area (Å²) >= 11 is 0. The second-order valence-electron chi connectivity index (χ2n) is 6.01. The molecule has 0 bridgehead atoms. The van der Waals surface area contributed by atoms with Crippen LogP contribution in [0.1, 0.15) is 35.9 Å². The van der Waals surface area contributed by atoms with E-state index in [1.165, 1.54) is 0 Å². The van der Waals surface area contributed by atoms with E-state index in [2.05, 4.69) is 17.3 Å². The highest BCUT2D eigenvalue weighted by atomic mass is 16.5. The number of ketones is 1. The van der Waals surface area contributed by atoms with E-state index in [0.29, 0.717) is 5.69 Å². The predicted molar refractivity (Wildman–Crippen MR) is 81.8 cm³/mol. The third-order valence-corrected chi connectivity index (χ3v) is 4.97. The lowest BCUT2D eigenvalue weighted by Gasteiger charge is -2.48. The van der Waals surface area contributed by atoms with Crippen LogP contribution in [0.3, 0.4) is 0 Å². The van der Waals surface area contributed by atoms with Gasteiger partial charge in [0.15, 0.2) is 0 Å². The maximum Gasteiger partial charge on any atom is 0.381 e. The topological polar surface area (TPSA) is 63.6 Å². The molecule has 1 spiro atoms. The summed E-state index contributed by atoms with van der Waals surface area (Å²) in [7, 11) is 2.15. The van der Waals surface area contributed by atoms with Gasteiger partial charge in [-0.2, -0.15) is 0 Å². The van der Waals surface area contributed by atoms with Gasteiger partial charge < -0.3 is 14.6 Å². The molecule has 0 amide bonds. The van der Waals surface area contributed by atoms with Crippen molar-refractivity contribution < 1.29 is 14.3 Å². The van der Waals surface area contributed by atoms with E-state index in [0.717, 1.165) is 44.7 Å². The number of nitrogens with zero attached hydrogens (tertiary/aromatic N) is 2. The fourth-order valence-corrected chi connectivity index (χ4v) is 3.75. The Morgan fingerprint density at radius 3 is 2.68 bits per heavy atom. The molecule has 1 N–H and O–H groups in total. The number of likely N-dealkylation sites (N-methyl/N-ethyl adjacent to an activating group) is 1. The van der Waals surface area contributed by atoms with E-state index < -0.39 is 11.8 Å². The van der Waals surface area contributed by atoms with Crippen molar-refractivity contribution >= 4 is 11.8 Å². The van der Waals surface area contributed by atoms with Crippen molar-refractivity contribution in [3.63, 3.8) is 0 Å². The lowest BCUT2D eigenvalue weighted by atomic mass is 9.82. The molecule has 0 aliphatic carbocycles. The number of hydrogen-bond donors (Lipinski definition) is 1. The summed E-state index contributed by atoms with van der Waals surface area (Å²) < 4.78 is 6.87. The number of aromatic nitrogens is 1. The van der Waals surface area contributed by atoms with Crippen molar-refractivity contribution in [2.45, 2.75) is 31.8 Å². The number of ether oxygens (including phenoxy) is 1. The molecular weight excluding hydrogens is 282 g/mol. The molecule has 6 nitrogen and oxygen atoms in total. The van der Waals surface area contributed by atoms with Gasteiger partial charge in [0, 0.05) is 18.8 Å². The van der Waals surface area contributed by atoms with Gasteiger partial charge in [-0.25, -0.2) is 4.79 Å². The maximum atomic E-state index is 12.3. The summed E-state index contributed by atoms with van der Waals surface area (Å²) in [5, 5.41) is 3.40. The normalized spacial score (nSPS) is 20.6.